The Morgan fingerprint density at radius 3 is 2.65 bits per heavy atom. The molecule has 0 aliphatic rings. The number of hydrogen-bond donors (Lipinski definition) is 1. The molecule has 1 atom stereocenters. The molecular weight excluding hydrogens is 340 g/mol. The largest absolute Gasteiger partial charge is 0.385 e. The molecule has 0 saturated carbocycles. The van der Waals surface area contributed by atoms with Crippen molar-refractivity contribution in [2.75, 3.05) is 0 Å². The highest BCUT2D eigenvalue weighted by Gasteiger charge is 2.30. The minimum absolute atomic E-state index is 0.441. The van der Waals surface area contributed by atoms with Gasteiger partial charge in [0.2, 0.25) is 0 Å². The summed E-state index contributed by atoms with van der Waals surface area (Å²) in [4.78, 5) is 0. The molecule has 108 valence electrons. The van der Waals surface area contributed by atoms with Crippen LogP contribution in [-0.2, 0) is 19.1 Å². The number of hydrogen-bond acceptors (Lipinski definition) is 2. The molecule has 0 saturated heterocycles. The molecule has 2 aromatic rings. The van der Waals surface area contributed by atoms with Crippen LogP contribution in [0.25, 0.3) is 0 Å². The van der Waals surface area contributed by atoms with Gasteiger partial charge in [-0.25, -0.2) is 0 Å². The van der Waals surface area contributed by atoms with E-state index >= 15 is 0 Å². The summed E-state index contributed by atoms with van der Waals surface area (Å²) in [6, 6.07) is 7.75. The molecule has 0 radical (unpaired) electrons. The van der Waals surface area contributed by atoms with Crippen molar-refractivity contribution in [3.63, 3.8) is 0 Å². The lowest BCUT2D eigenvalue weighted by Gasteiger charge is -2.28. The third kappa shape index (κ3) is 2.92. The minimum atomic E-state index is -0.951. The first-order chi connectivity index (χ1) is 9.37. The first-order valence-corrected chi connectivity index (χ1v) is 7.71. The minimum Gasteiger partial charge on any atom is -0.385 e. The SMILES string of the molecule is CCC(O)(Cc1c(Cl)c(C)nn1C)c1cccc(Br)c1. The highest BCUT2D eigenvalue weighted by atomic mass is 79.9. The van der Waals surface area contributed by atoms with Crippen LogP contribution in [0, 0.1) is 6.92 Å². The Balaban J connectivity index is 2.41. The summed E-state index contributed by atoms with van der Waals surface area (Å²) in [6.45, 7) is 3.84. The van der Waals surface area contributed by atoms with Gasteiger partial charge in [0.05, 0.1) is 22.0 Å². The van der Waals surface area contributed by atoms with E-state index in [1.807, 2.05) is 45.2 Å². The van der Waals surface area contributed by atoms with Crippen LogP contribution in [0.4, 0.5) is 0 Å². The Bertz CT molecular complexity index is 626. The highest BCUT2D eigenvalue weighted by molar-refractivity contribution is 9.10. The molecule has 1 aromatic carbocycles. The van der Waals surface area contributed by atoms with Crippen molar-refractivity contribution in [2.45, 2.75) is 32.3 Å². The van der Waals surface area contributed by atoms with Gasteiger partial charge >= 0.3 is 0 Å². The number of aromatic nitrogens is 2. The molecule has 1 N–H and O–H groups in total. The van der Waals surface area contributed by atoms with Gasteiger partial charge in [-0.3, -0.25) is 4.68 Å². The number of nitrogens with zero attached hydrogens (tertiary/aromatic N) is 2. The number of halogens is 2. The fourth-order valence-electron chi connectivity index (χ4n) is 2.36. The van der Waals surface area contributed by atoms with Crippen molar-refractivity contribution in [3.8, 4) is 0 Å². The van der Waals surface area contributed by atoms with Gasteiger partial charge in [0.25, 0.3) is 0 Å². The summed E-state index contributed by atoms with van der Waals surface area (Å²) in [5.41, 5.74) is 1.57. The third-order valence-corrected chi connectivity index (χ3v) is 4.65. The second kappa shape index (κ2) is 5.88. The van der Waals surface area contributed by atoms with E-state index in [0.717, 1.165) is 21.4 Å². The Morgan fingerprint density at radius 1 is 1.45 bits per heavy atom. The monoisotopic (exact) mass is 356 g/mol. The fraction of sp³-hybridized carbons (Fsp3) is 0.400. The lowest BCUT2D eigenvalue weighted by molar-refractivity contribution is 0.0308. The average Bonchev–Trinajstić information content (AvgIpc) is 2.65. The second-order valence-electron chi connectivity index (χ2n) is 5.04. The van der Waals surface area contributed by atoms with E-state index in [4.69, 9.17) is 11.6 Å². The topological polar surface area (TPSA) is 38.1 Å². The van der Waals surface area contributed by atoms with Gasteiger partial charge in [0, 0.05) is 17.9 Å². The normalized spacial score (nSPS) is 14.3. The maximum absolute atomic E-state index is 11.0. The first-order valence-electron chi connectivity index (χ1n) is 6.54. The lowest BCUT2D eigenvalue weighted by Crippen LogP contribution is -2.29. The van der Waals surface area contributed by atoms with Crippen molar-refractivity contribution in [3.05, 3.63) is 50.7 Å². The van der Waals surface area contributed by atoms with Crippen LogP contribution in [0.2, 0.25) is 5.02 Å². The van der Waals surface area contributed by atoms with Crippen LogP contribution < -0.4 is 0 Å². The molecule has 1 heterocycles. The molecule has 20 heavy (non-hydrogen) atoms. The van der Waals surface area contributed by atoms with Gasteiger partial charge in [-0.15, -0.1) is 0 Å². The van der Waals surface area contributed by atoms with Gasteiger partial charge < -0.3 is 5.11 Å². The summed E-state index contributed by atoms with van der Waals surface area (Å²) in [5.74, 6) is 0. The summed E-state index contributed by atoms with van der Waals surface area (Å²) in [5, 5.41) is 15.9. The molecule has 0 fully saturated rings. The Labute approximate surface area is 132 Å². The van der Waals surface area contributed by atoms with Crippen molar-refractivity contribution >= 4 is 27.5 Å². The number of aliphatic hydroxyl groups is 1. The second-order valence-corrected chi connectivity index (χ2v) is 6.34. The molecule has 3 nitrogen and oxygen atoms in total. The van der Waals surface area contributed by atoms with Crippen LogP contribution in [-0.4, -0.2) is 14.9 Å². The van der Waals surface area contributed by atoms with Gasteiger partial charge in [-0.2, -0.15) is 5.10 Å². The predicted octanol–water partition coefficient (Wildman–Crippen LogP) is 3.98. The average molecular weight is 358 g/mol. The van der Waals surface area contributed by atoms with Crippen LogP contribution in [0.5, 0.6) is 0 Å². The molecule has 0 aliphatic heterocycles. The molecule has 0 bridgehead atoms. The van der Waals surface area contributed by atoms with Gasteiger partial charge in [0.15, 0.2) is 0 Å². The zero-order valence-electron chi connectivity index (χ0n) is 11.8. The van der Waals surface area contributed by atoms with Gasteiger partial charge in [-0.1, -0.05) is 46.6 Å². The molecule has 1 aromatic heterocycles. The van der Waals surface area contributed by atoms with Crippen molar-refractivity contribution in [2.24, 2.45) is 7.05 Å². The summed E-state index contributed by atoms with van der Waals surface area (Å²) < 4.78 is 2.70. The molecular formula is C15H18BrClN2O. The van der Waals surface area contributed by atoms with Crippen LogP contribution >= 0.6 is 27.5 Å². The maximum atomic E-state index is 11.0. The fourth-order valence-corrected chi connectivity index (χ4v) is 2.98. The standard InChI is InChI=1S/C15H18BrClN2O/c1-4-15(20,11-6-5-7-12(16)8-11)9-13-14(17)10(2)18-19(13)3/h5-8,20H,4,9H2,1-3H3. The predicted molar refractivity (Wildman–Crippen MR) is 85.0 cm³/mol. The zero-order valence-corrected chi connectivity index (χ0v) is 14.2. The summed E-state index contributed by atoms with van der Waals surface area (Å²) >= 11 is 9.74. The number of benzene rings is 1. The Hall–Kier alpha value is -0.840. The van der Waals surface area contributed by atoms with E-state index < -0.39 is 5.60 Å². The van der Waals surface area contributed by atoms with E-state index in [1.54, 1.807) is 4.68 Å². The van der Waals surface area contributed by atoms with Crippen molar-refractivity contribution in [1.29, 1.82) is 0 Å². The molecule has 2 rings (SSSR count). The van der Waals surface area contributed by atoms with Crippen LogP contribution in [0.3, 0.4) is 0 Å². The van der Waals surface area contributed by atoms with Crippen molar-refractivity contribution < 1.29 is 5.11 Å². The van der Waals surface area contributed by atoms with E-state index in [-0.39, 0.29) is 0 Å². The highest BCUT2D eigenvalue weighted by Crippen LogP contribution is 2.33. The third-order valence-electron chi connectivity index (χ3n) is 3.67. The number of rotatable bonds is 4. The molecule has 0 aliphatic carbocycles. The van der Waals surface area contributed by atoms with E-state index in [9.17, 15) is 5.11 Å². The van der Waals surface area contributed by atoms with E-state index in [2.05, 4.69) is 21.0 Å². The number of aryl methyl sites for hydroxylation is 2. The zero-order chi connectivity index (χ0) is 14.9. The summed E-state index contributed by atoms with van der Waals surface area (Å²) in [6.07, 6.45) is 1.04. The molecule has 5 heteroatoms. The maximum Gasteiger partial charge on any atom is 0.0949 e. The smallest absolute Gasteiger partial charge is 0.0949 e. The lowest BCUT2D eigenvalue weighted by atomic mass is 9.86. The van der Waals surface area contributed by atoms with E-state index in [0.29, 0.717) is 17.9 Å². The Kier molecular flexibility index (Phi) is 4.57. The van der Waals surface area contributed by atoms with Gasteiger partial charge in [0.1, 0.15) is 0 Å². The molecule has 1 unspecified atom stereocenters. The van der Waals surface area contributed by atoms with Gasteiger partial charge in [-0.05, 0) is 31.0 Å². The first kappa shape index (κ1) is 15.5. The van der Waals surface area contributed by atoms with Crippen LogP contribution in [0.1, 0.15) is 30.3 Å². The Morgan fingerprint density at radius 2 is 2.15 bits per heavy atom. The van der Waals surface area contributed by atoms with E-state index in [1.165, 1.54) is 0 Å². The van der Waals surface area contributed by atoms with Crippen LogP contribution in [0.15, 0.2) is 28.7 Å². The molecule has 0 amide bonds. The summed E-state index contributed by atoms with van der Waals surface area (Å²) in [7, 11) is 1.85. The quantitative estimate of drug-likeness (QED) is 0.898. The molecule has 0 spiro atoms. The van der Waals surface area contributed by atoms with Crippen molar-refractivity contribution in [1.82, 2.24) is 9.78 Å².